The Morgan fingerprint density at radius 1 is 1.41 bits per heavy atom. The minimum atomic E-state index is -0.764. The third-order valence-corrected chi connectivity index (χ3v) is 3.61. The Morgan fingerprint density at radius 2 is 2.18 bits per heavy atom. The summed E-state index contributed by atoms with van der Waals surface area (Å²) in [6.07, 6.45) is 4.86. The van der Waals surface area contributed by atoms with Gasteiger partial charge in [0.25, 0.3) is 5.91 Å². The minimum Gasteiger partial charge on any atom is -0.477 e. The molecule has 0 atom stereocenters. The van der Waals surface area contributed by atoms with Gasteiger partial charge in [0.2, 0.25) is 5.88 Å². The van der Waals surface area contributed by atoms with E-state index in [1.54, 1.807) is 12.3 Å². The first-order chi connectivity index (χ1) is 10.6. The van der Waals surface area contributed by atoms with Gasteiger partial charge in [-0.2, -0.15) is 0 Å². The average molecular weight is 301 g/mol. The smallest absolute Gasteiger partial charge is 0.251 e. The maximum Gasteiger partial charge on any atom is 0.251 e. The summed E-state index contributed by atoms with van der Waals surface area (Å²) < 4.78 is 20.0. The van der Waals surface area contributed by atoms with E-state index in [-0.39, 0.29) is 11.5 Å². The summed E-state index contributed by atoms with van der Waals surface area (Å²) in [5.41, 5.74) is 6.81. The molecule has 6 heteroatoms. The molecule has 2 aromatic rings. The van der Waals surface area contributed by atoms with Crippen molar-refractivity contribution in [1.29, 1.82) is 0 Å². The molecule has 1 aromatic carbocycles. The lowest BCUT2D eigenvalue weighted by Gasteiger charge is -2.12. The van der Waals surface area contributed by atoms with Crippen LogP contribution in [0.3, 0.4) is 0 Å². The predicted molar refractivity (Wildman–Crippen MR) is 79.1 cm³/mol. The number of halogens is 1. The number of hydrogen-bond acceptors (Lipinski definition) is 4. The summed E-state index contributed by atoms with van der Waals surface area (Å²) in [5, 5.41) is 0. The molecule has 1 heterocycles. The maximum atomic E-state index is 14.6. The van der Waals surface area contributed by atoms with Gasteiger partial charge in [0.05, 0.1) is 30.3 Å². The second-order valence-electron chi connectivity index (χ2n) is 5.20. The first-order valence-corrected chi connectivity index (χ1v) is 7.19. The molecule has 0 bridgehead atoms. The van der Waals surface area contributed by atoms with Crippen molar-refractivity contribution >= 4 is 5.91 Å². The Labute approximate surface area is 127 Å². The number of aromatic nitrogens is 2. The molecule has 0 radical (unpaired) electrons. The highest BCUT2D eigenvalue weighted by molar-refractivity contribution is 5.94. The van der Waals surface area contributed by atoms with Crippen molar-refractivity contribution in [3.8, 4) is 17.1 Å². The number of benzene rings is 1. The van der Waals surface area contributed by atoms with Crippen molar-refractivity contribution in [2.24, 2.45) is 5.73 Å². The molecule has 1 aliphatic carbocycles. The van der Waals surface area contributed by atoms with E-state index in [9.17, 15) is 9.18 Å². The molecule has 0 saturated heterocycles. The Balaban J connectivity index is 2.12. The Morgan fingerprint density at radius 3 is 2.82 bits per heavy atom. The largest absolute Gasteiger partial charge is 0.477 e. The molecular weight excluding hydrogens is 285 g/mol. The van der Waals surface area contributed by atoms with E-state index >= 15 is 0 Å². The van der Waals surface area contributed by atoms with Crippen molar-refractivity contribution in [3.63, 3.8) is 0 Å². The average Bonchev–Trinajstić information content (AvgIpc) is 3.31. The number of ether oxygens (including phenoxy) is 1. The predicted octanol–water partition coefficient (Wildman–Crippen LogP) is 2.66. The van der Waals surface area contributed by atoms with Crippen LogP contribution in [0.5, 0.6) is 5.88 Å². The fourth-order valence-corrected chi connectivity index (χ4v) is 2.47. The zero-order valence-corrected chi connectivity index (χ0v) is 12.2. The van der Waals surface area contributed by atoms with E-state index in [1.807, 2.05) is 6.92 Å². The van der Waals surface area contributed by atoms with Crippen LogP contribution in [0, 0.1) is 5.82 Å². The first-order valence-electron chi connectivity index (χ1n) is 7.19. The number of rotatable bonds is 5. The number of nitrogens with two attached hydrogens (primary N) is 1. The molecule has 114 valence electrons. The number of hydrogen-bond donors (Lipinski definition) is 1. The molecule has 0 spiro atoms. The molecule has 1 saturated carbocycles. The summed E-state index contributed by atoms with van der Waals surface area (Å²) >= 11 is 0. The number of carbonyl (C=O) groups excluding carboxylic acids is 1. The molecule has 0 aliphatic heterocycles. The second kappa shape index (κ2) is 5.71. The van der Waals surface area contributed by atoms with Crippen LogP contribution in [0.25, 0.3) is 11.3 Å². The highest BCUT2D eigenvalue weighted by Crippen LogP contribution is 2.46. The van der Waals surface area contributed by atoms with E-state index in [0.29, 0.717) is 29.3 Å². The van der Waals surface area contributed by atoms with Crippen molar-refractivity contribution in [2.75, 3.05) is 6.61 Å². The third kappa shape index (κ3) is 2.64. The van der Waals surface area contributed by atoms with Crippen molar-refractivity contribution in [1.82, 2.24) is 9.97 Å². The van der Waals surface area contributed by atoms with Crippen LogP contribution in [-0.4, -0.2) is 22.5 Å². The molecule has 1 fully saturated rings. The van der Waals surface area contributed by atoms with Crippen LogP contribution in [0.1, 0.15) is 41.6 Å². The lowest BCUT2D eigenvalue weighted by molar-refractivity contribution is 0.0996. The van der Waals surface area contributed by atoms with Crippen LogP contribution < -0.4 is 10.5 Å². The number of primary amides is 1. The molecule has 1 amide bonds. The van der Waals surface area contributed by atoms with E-state index < -0.39 is 11.7 Å². The highest BCUT2D eigenvalue weighted by Gasteiger charge is 2.32. The van der Waals surface area contributed by atoms with Gasteiger partial charge in [-0.05, 0) is 31.7 Å². The maximum absolute atomic E-state index is 14.6. The van der Waals surface area contributed by atoms with Gasteiger partial charge in [0.1, 0.15) is 5.82 Å². The van der Waals surface area contributed by atoms with Gasteiger partial charge in [-0.25, -0.2) is 9.37 Å². The Bertz CT molecular complexity index is 729. The van der Waals surface area contributed by atoms with Gasteiger partial charge in [0, 0.05) is 11.1 Å². The summed E-state index contributed by atoms with van der Waals surface area (Å²) in [5.74, 6) is -0.816. The monoisotopic (exact) mass is 301 g/mol. The fraction of sp³-hybridized carbons (Fsp3) is 0.312. The highest BCUT2D eigenvalue weighted by atomic mass is 19.1. The SMILES string of the molecule is CCOc1cncc(-c2ccc(C(N)=O)c(F)c2C2CC2)n1. The molecule has 3 rings (SSSR count). The molecule has 1 aliphatic rings. The van der Waals surface area contributed by atoms with Gasteiger partial charge in [0.15, 0.2) is 0 Å². The van der Waals surface area contributed by atoms with E-state index in [2.05, 4.69) is 9.97 Å². The Hall–Kier alpha value is -2.50. The number of nitrogens with zero attached hydrogens (tertiary/aromatic N) is 2. The van der Waals surface area contributed by atoms with Crippen molar-refractivity contribution in [3.05, 3.63) is 41.5 Å². The second-order valence-corrected chi connectivity index (χ2v) is 5.20. The third-order valence-electron chi connectivity index (χ3n) is 3.61. The topological polar surface area (TPSA) is 78.1 Å². The molecule has 0 unspecified atom stereocenters. The van der Waals surface area contributed by atoms with Crippen LogP contribution in [0.2, 0.25) is 0 Å². The summed E-state index contributed by atoms with van der Waals surface area (Å²) in [4.78, 5) is 19.8. The molecule has 2 N–H and O–H groups in total. The van der Waals surface area contributed by atoms with Crippen molar-refractivity contribution in [2.45, 2.75) is 25.7 Å². The van der Waals surface area contributed by atoms with Gasteiger partial charge >= 0.3 is 0 Å². The van der Waals surface area contributed by atoms with Crippen LogP contribution in [-0.2, 0) is 0 Å². The molecular formula is C16H16FN3O2. The lowest BCUT2D eigenvalue weighted by atomic mass is 9.96. The van der Waals surface area contributed by atoms with Gasteiger partial charge in [-0.1, -0.05) is 6.07 Å². The summed E-state index contributed by atoms with van der Waals surface area (Å²) in [7, 11) is 0. The van der Waals surface area contributed by atoms with Crippen LogP contribution >= 0.6 is 0 Å². The molecule has 5 nitrogen and oxygen atoms in total. The molecule has 1 aromatic heterocycles. The van der Waals surface area contributed by atoms with Gasteiger partial charge in [-0.15, -0.1) is 0 Å². The van der Waals surface area contributed by atoms with E-state index in [0.717, 1.165) is 12.8 Å². The van der Waals surface area contributed by atoms with Gasteiger partial charge < -0.3 is 10.5 Å². The zero-order chi connectivity index (χ0) is 15.7. The van der Waals surface area contributed by atoms with E-state index in [1.165, 1.54) is 12.3 Å². The Kier molecular flexibility index (Phi) is 3.75. The first kappa shape index (κ1) is 14.4. The quantitative estimate of drug-likeness (QED) is 0.921. The minimum absolute atomic E-state index is 0.0837. The zero-order valence-electron chi connectivity index (χ0n) is 12.2. The van der Waals surface area contributed by atoms with Crippen LogP contribution in [0.15, 0.2) is 24.5 Å². The van der Waals surface area contributed by atoms with E-state index in [4.69, 9.17) is 10.5 Å². The number of carbonyl (C=O) groups is 1. The summed E-state index contributed by atoms with van der Waals surface area (Å²) in [6.45, 7) is 2.33. The number of amides is 1. The lowest BCUT2D eigenvalue weighted by Crippen LogP contribution is -2.14. The van der Waals surface area contributed by atoms with Crippen molar-refractivity contribution < 1.29 is 13.9 Å². The van der Waals surface area contributed by atoms with Gasteiger partial charge in [-0.3, -0.25) is 9.78 Å². The normalized spacial score (nSPS) is 13.9. The molecule has 22 heavy (non-hydrogen) atoms. The standard InChI is InChI=1S/C16H16FN3O2/c1-2-22-13-8-19-7-12(20-13)10-5-6-11(16(18)21)15(17)14(10)9-3-4-9/h5-9H,2-4H2,1H3,(H2,18,21). The van der Waals surface area contributed by atoms with Crippen LogP contribution in [0.4, 0.5) is 4.39 Å². The fourth-order valence-electron chi connectivity index (χ4n) is 2.47. The summed E-state index contributed by atoms with van der Waals surface area (Å²) in [6, 6.07) is 3.07.